The van der Waals surface area contributed by atoms with Crippen LogP contribution in [0.25, 0.3) is 11.3 Å². The number of aromatic amines is 1. The number of nitrogens with one attached hydrogen (secondary N) is 2. The van der Waals surface area contributed by atoms with E-state index >= 15 is 0 Å². The number of benzene rings is 2. The maximum Gasteiger partial charge on any atom is 0.255 e. The number of aromatic nitrogens is 2. The average molecular weight is 378 g/mol. The quantitative estimate of drug-likeness (QED) is 0.560. The molecule has 1 heterocycles. The molecular formula is C22H26N4O2. The molecule has 28 heavy (non-hydrogen) atoms. The lowest BCUT2D eigenvalue weighted by Crippen LogP contribution is -2.28. The molecule has 0 unspecified atom stereocenters. The Morgan fingerprint density at radius 2 is 1.89 bits per heavy atom. The van der Waals surface area contributed by atoms with Gasteiger partial charge in [0.2, 0.25) is 0 Å². The normalized spacial score (nSPS) is 10.8. The molecule has 2 N–H and O–H groups in total. The smallest absolute Gasteiger partial charge is 0.255 e. The number of hydrogen-bond donors (Lipinski definition) is 2. The largest absolute Gasteiger partial charge is 0.497 e. The van der Waals surface area contributed by atoms with Crippen molar-refractivity contribution < 1.29 is 9.53 Å². The van der Waals surface area contributed by atoms with Crippen LogP contribution >= 0.6 is 0 Å². The number of amides is 1. The highest BCUT2D eigenvalue weighted by Gasteiger charge is 2.15. The van der Waals surface area contributed by atoms with Crippen LogP contribution in [-0.2, 0) is 6.54 Å². The second-order valence-electron chi connectivity index (χ2n) is 6.72. The molecule has 0 aliphatic carbocycles. The molecule has 0 spiro atoms. The van der Waals surface area contributed by atoms with E-state index in [1.807, 2.05) is 30.3 Å². The molecule has 0 aliphatic rings. The van der Waals surface area contributed by atoms with Crippen LogP contribution in [0.2, 0.25) is 0 Å². The summed E-state index contributed by atoms with van der Waals surface area (Å²) in [5.74, 6) is 0.652. The van der Waals surface area contributed by atoms with Crippen molar-refractivity contribution in [2.24, 2.45) is 0 Å². The molecule has 146 valence electrons. The van der Waals surface area contributed by atoms with Crippen LogP contribution in [0.5, 0.6) is 5.75 Å². The van der Waals surface area contributed by atoms with E-state index in [4.69, 9.17) is 4.74 Å². The van der Waals surface area contributed by atoms with Crippen molar-refractivity contribution in [2.45, 2.75) is 13.0 Å². The summed E-state index contributed by atoms with van der Waals surface area (Å²) in [6, 6.07) is 17.9. The molecule has 6 nitrogen and oxygen atoms in total. The zero-order valence-electron chi connectivity index (χ0n) is 16.3. The minimum absolute atomic E-state index is 0.120. The lowest BCUT2D eigenvalue weighted by Gasteiger charge is -2.16. The third-order valence-electron chi connectivity index (χ3n) is 4.56. The summed E-state index contributed by atoms with van der Waals surface area (Å²) in [6.07, 6.45) is 2.45. The first-order valence-corrected chi connectivity index (χ1v) is 9.36. The van der Waals surface area contributed by atoms with E-state index in [0.717, 1.165) is 30.8 Å². The Labute approximate surface area is 165 Å². The first-order chi connectivity index (χ1) is 13.7. The molecule has 0 aliphatic heterocycles. The summed E-state index contributed by atoms with van der Waals surface area (Å²) in [7, 11) is 3.72. The Bertz CT molecular complexity index is 875. The van der Waals surface area contributed by atoms with Gasteiger partial charge >= 0.3 is 0 Å². The first-order valence-electron chi connectivity index (χ1n) is 9.36. The van der Waals surface area contributed by atoms with Crippen molar-refractivity contribution in [2.75, 3.05) is 27.2 Å². The highest BCUT2D eigenvalue weighted by Crippen LogP contribution is 2.23. The number of carbonyl (C=O) groups is 1. The molecule has 0 saturated carbocycles. The molecule has 0 bridgehead atoms. The van der Waals surface area contributed by atoms with Gasteiger partial charge < -0.3 is 15.0 Å². The highest BCUT2D eigenvalue weighted by molar-refractivity contribution is 5.99. The second kappa shape index (κ2) is 9.71. The van der Waals surface area contributed by atoms with E-state index in [1.54, 1.807) is 13.3 Å². The van der Waals surface area contributed by atoms with Crippen LogP contribution in [0.4, 0.5) is 0 Å². The number of nitrogens with zero attached hydrogens (tertiary/aromatic N) is 2. The molecule has 0 radical (unpaired) electrons. The van der Waals surface area contributed by atoms with Crippen LogP contribution in [0.3, 0.4) is 0 Å². The van der Waals surface area contributed by atoms with Gasteiger partial charge in [-0.05, 0) is 49.8 Å². The van der Waals surface area contributed by atoms with Crippen LogP contribution in [0.1, 0.15) is 22.3 Å². The van der Waals surface area contributed by atoms with E-state index in [2.05, 4.69) is 51.7 Å². The zero-order chi connectivity index (χ0) is 19.8. The summed E-state index contributed by atoms with van der Waals surface area (Å²) in [5.41, 5.74) is 3.44. The SMILES string of the molecule is COc1ccc(-c2[nH]ncc2C(=O)NCCCN(C)Cc2ccccc2)cc1. The lowest BCUT2D eigenvalue weighted by atomic mass is 10.1. The Morgan fingerprint density at radius 1 is 1.14 bits per heavy atom. The zero-order valence-corrected chi connectivity index (χ0v) is 16.3. The van der Waals surface area contributed by atoms with Gasteiger partial charge in [-0.15, -0.1) is 0 Å². The van der Waals surface area contributed by atoms with E-state index in [0.29, 0.717) is 17.8 Å². The Morgan fingerprint density at radius 3 is 2.61 bits per heavy atom. The van der Waals surface area contributed by atoms with Gasteiger partial charge in [-0.25, -0.2) is 0 Å². The van der Waals surface area contributed by atoms with Crippen LogP contribution in [-0.4, -0.2) is 48.3 Å². The Hall–Kier alpha value is -3.12. The van der Waals surface area contributed by atoms with E-state index < -0.39 is 0 Å². The van der Waals surface area contributed by atoms with Crippen molar-refractivity contribution >= 4 is 5.91 Å². The van der Waals surface area contributed by atoms with Crippen molar-refractivity contribution in [1.82, 2.24) is 20.4 Å². The maximum atomic E-state index is 12.5. The Kier molecular flexibility index (Phi) is 6.81. The number of methoxy groups -OCH3 is 1. The van der Waals surface area contributed by atoms with Crippen molar-refractivity contribution in [3.63, 3.8) is 0 Å². The van der Waals surface area contributed by atoms with Gasteiger partial charge in [0, 0.05) is 18.7 Å². The second-order valence-corrected chi connectivity index (χ2v) is 6.72. The standard InChI is InChI=1S/C22H26N4O2/c1-26(16-17-7-4-3-5-8-17)14-6-13-23-22(27)20-15-24-25-21(20)18-9-11-19(28-2)12-10-18/h3-5,7-12,15H,6,13-14,16H2,1-2H3,(H,23,27)(H,24,25). The fourth-order valence-electron chi connectivity index (χ4n) is 3.06. The molecule has 1 aromatic heterocycles. The molecular weight excluding hydrogens is 352 g/mol. The first kappa shape index (κ1) is 19.6. The summed E-state index contributed by atoms with van der Waals surface area (Å²) in [4.78, 5) is 14.8. The van der Waals surface area contributed by atoms with Gasteiger partial charge in [-0.2, -0.15) is 5.10 Å². The summed E-state index contributed by atoms with van der Waals surface area (Å²) < 4.78 is 5.18. The highest BCUT2D eigenvalue weighted by atomic mass is 16.5. The molecule has 2 aromatic carbocycles. The third-order valence-corrected chi connectivity index (χ3v) is 4.56. The maximum absolute atomic E-state index is 12.5. The van der Waals surface area contributed by atoms with Crippen molar-refractivity contribution in [3.8, 4) is 17.0 Å². The van der Waals surface area contributed by atoms with Gasteiger partial charge in [0.1, 0.15) is 5.75 Å². The van der Waals surface area contributed by atoms with Gasteiger partial charge in [-0.1, -0.05) is 30.3 Å². The molecule has 0 saturated heterocycles. The van der Waals surface area contributed by atoms with Gasteiger partial charge in [0.25, 0.3) is 5.91 Å². The number of H-pyrrole nitrogens is 1. The predicted octanol–water partition coefficient (Wildman–Crippen LogP) is 3.34. The van der Waals surface area contributed by atoms with Gasteiger partial charge in [0.05, 0.1) is 24.6 Å². The van der Waals surface area contributed by atoms with Crippen molar-refractivity contribution in [1.29, 1.82) is 0 Å². The Balaban J connectivity index is 1.48. The van der Waals surface area contributed by atoms with Crippen LogP contribution < -0.4 is 10.1 Å². The fraction of sp³-hybridized carbons (Fsp3) is 0.273. The summed E-state index contributed by atoms with van der Waals surface area (Å²) in [5, 5.41) is 9.94. The van der Waals surface area contributed by atoms with Crippen LogP contribution in [0.15, 0.2) is 60.8 Å². The average Bonchev–Trinajstić information content (AvgIpc) is 3.22. The van der Waals surface area contributed by atoms with Crippen LogP contribution in [0, 0.1) is 0 Å². The minimum atomic E-state index is -0.120. The molecule has 0 fully saturated rings. The molecule has 3 rings (SSSR count). The molecule has 0 atom stereocenters. The monoisotopic (exact) mass is 378 g/mol. The third kappa shape index (κ3) is 5.20. The van der Waals surface area contributed by atoms with E-state index in [1.165, 1.54) is 5.56 Å². The summed E-state index contributed by atoms with van der Waals surface area (Å²) in [6.45, 7) is 2.43. The minimum Gasteiger partial charge on any atom is -0.497 e. The molecule has 1 amide bonds. The topological polar surface area (TPSA) is 70.2 Å². The van der Waals surface area contributed by atoms with E-state index in [9.17, 15) is 4.79 Å². The lowest BCUT2D eigenvalue weighted by molar-refractivity contribution is 0.0952. The predicted molar refractivity (Wildman–Crippen MR) is 110 cm³/mol. The number of ether oxygens (including phenoxy) is 1. The molecule has 6 heteroatoms. The number of hydrogen-bond acceptors (Lipinski definition) is 4. The van der Waals surface area contributed by atoms with Crippen molar-refractivity contribution in [3.05, 3.63) is 71.9 Å². The number of carbonyl (C=O) groups excluding carboxylic acids is 1. The van der Waals surface area contributed by atoms with Gasteiger partial charge in [0.15, 0.2) is 0 Å². The van der Waals surface area contributed by atoms with Gasteiger partial charge in [-0.3, -0.25) is 9.89 Å². The summed E-state index contributed by atoms with van der Waals surface area (Å²) >= 11 is 0. The van der Waals surface area contributed by atoms with E-state index in [-0.39, 0.29) is 5.91 Å². The molecule has 3 aromatic rings. The number of rotatable bonds is 9. The fourth-order valence-corrected chi connectivity index (χ4v) is 3.06.